The van der Waals surface area contributed by atoms with E-state index in [1.54, 1.807) is 6.20 Å². The molecule has 0 aliphatic carbocycles. The number of benzene rings is 1. The SMILES string of the molecule is Bc1ccc2c(Cl)nccc2c1. The Balaban J connectivity index is 2.86. The summed E-state index contributed by atoms with van der Waals surface area (Å²) in [4.78, 5) is 4.00. The lowest BCUT2D eigenvalue weighted by Gasteiger charge is -1.99. The van der Waals surface area contributed by atoms with Crippen molar-refractivity contribution >= 4 is 35.7 Å². The van der Waals surface area contributed by atoms with Crippen LogP contribution in [0.1, 0.15) is 0 Å². The van der Waals surface area contributed by atoms with Crippen LogP contribution in [0.4, 0.5) is 0 Å². The monoisotopic (exact) mass is 175 g/mol. The van der Waals surface area contributed by atoms with Crippen LogP contribution in [0.15, 0.2) is 30.5 Å². The standard InChI is InChI=1S/C9H7BClN/c10-7-1-2-8-6(5-7)3-4-12-9(8)11/h1-5H,10H2. The Bertz CT molecular complexity index is 428. The largest absolute Gasteiger partial charge is 0.244 e. The van der Waals surface area contributed by atoms with Crippen molar-refractivity contribution in [2.24, 2.45) is 0 Å². The lowest BCUT2D eigenvalue weighted by molar-refractivity contribution is 1.36. The summed E-state index contributed by atoms with van der Waals surface area (Å²) in [5.74, 6) is 0. The first-order valence-electron chi connectivity index (χ1n) is 3.78. The number of halogens is 1. The topological polar surface area (TPSA) is 12.9 Å². The van der Waals surface area contributed by atoms with E-state index in [-0.39, 0.29) is 0 Å². The minimum Gasteiger partial charge on any atom is -0.244 e. The summed E-state index contributed by atoms with van der Waals surface area (Å²) >= 11 is 5.90. The van der Waals surface area contributed by atoms with E-state index in [0.717, 1.165) is 10.8 Å². The molecule has 0 saturated carbocycles. The molecule has 0 aliphatic heterocycles. The number of rotatable bonds is 0. The van der Waals surface area contributed by atoms with Crippen molar-refractivity contribution in [1.29, 1.82) is 0 Å². The van der Waals surface area contributed by atoms with Crippen LogP contribution in [0.2, 0.25) is 5.15 Å². The third-order valence-corrected chi connectivity index (χ3v) is 2.17. The van der Waals surface area contributed by atoms with Crippen LogP contribution in [-0.2, 0) is 0 Å². The summed E-state index contributed by atoms with van der Waals surface area (Å²) in [5, 5.41) is 2.74. The summed E-state index contributed by atoms with van der Waals surface area (Å²) < 4.78 is 0. The summed E-state index contributed by atoms with van der Waals surface area (Å²) in [5.41, 5.74) is 1.24. The zero-order chi connectivity index (χ0) is 8.55. The first kappa shape index (κ1) is 7.62. The molecule has 2 rings (SSSR count). The Kier molecular flexibility index (Phi) is 1.78. The average Bonchev–Trinajstić information content (AvgIpc) is 2.04. The van der Waals surface area contributed by atoms with E-state index in [9.17, 15) is 0 Å². The second-order valence-corrected chi connectivity index (χ2v) is 3.18. The van der Waals surface area contributed by atoms with Crippen molar-refractivity contribution in [3.05, 3.63) is 35.6 Å². The molecule has 1 nitrogen and oxygen atoms in total. The van der Waals surface area contributed by atoms with Crippen LogP contribution < -0.4 is 5.46 Å². The van der Waals surface area contributed by atoms with E-state index in [0.29, 0.717) is 5.15 Å². The Morgan fingerprint density at radius 2 is 2.08 bits per heavy atom. The van der Waals surface area contributed by atoms with Gasteiger partial charge in [-0.25, -0.2) is 4.98 Å². The van der Waals surface area contributed by atoms with Crippen molar-refractivity contribution in [2.75, 3.05) is 0 Å². The number of hydrogen-bond donors (Lipinski definition) is 0. The predicted octanol–water partition coefficient (Wildman–Crippen LogP) is 1.15. The molecule has 0 bridgehead atoms. The fourth-order valence-electron chi connectivity index (χ4n) is 1.26. The second kappa shape index (κ2) is 2.79. The molecular formula is C9H7BClN. The Labute approximate surface area is 76.8 Å². The highest BCUT2D eigenvalue weighted by molar-refractivity contribution is 6.36. The van der Waals surface area contributed by atoms with Gasteiger partial charge in [-0.2, -0.15) is 0 Å². The van der Waals surface area contributed by atoms with E-state index >= 15 is 0 Å². The molecule has 0 spiro atoms. The maximum atomic E-state index is 5.90. The number of fused-ring (bicyclic) bond motifs is 1. The van der Waals surface area contributed by atoms with E-state index in [1.807, 2.05) is 18.2 Å². The lowest BCUT2D eigenvalue weighted by atomic mass is 9.94. The predicted molar refractivity (Wildman–Crippen MR) is 54.9 cm³/mol. The maximum Gasteiger partial charge on any atom is 0.139 e. The van der Waals surface area contributed by atoms with Gasteiger partial charge in [-0.05, 0) is 11.5 Å². The van der Waals surface area contributed by atoms with Crippen molar-refractivity contribution in [2.45, 2.75) is 0 Å². The Morgan fingerprint density at radius 3 is 2.92 bits per heavy atom. The first-order chi connectivity index (χ1) is 5.77. The fraction of sp³-hybridized carbons (Fsp3) is 0. The zero-order valence-electron chi connectivity index (χ0n) is 6.71. The molecule has 3 heteroatoms. The van der Waals surface area contributed by atoms with E-state index in [2.05, 4.69) is 18.9 Å². The molecule has 2 aromatic rings. The molecule has 0 amide bonds. The van der Waals surface area contributed by atoms with Gasteiger partial charge in [-0.3, -0.25) is 0 Å². The summed E-state index contributed by atoms with van der Waals surface area (Å²) in [6.45, 7) is 0. The van der Waals surface area contributed by atoms with Gasteiger partial charge in [0.2, 0.25) is 0 Å². The molecule has 1 heterocycles. The van der Waals surface area contributed by atoms with Gasteiger partial charge in [-0.1, -0.05) is 35.3 Å². The van der Waals surface area contributed by atoms with E-state index in [1.165, 1.54) is 5.46 Å². The molecule has 0 saturated heterocycles. The normalized spacial score (nSPS) is 10.4. The van der Waals surface area contributed by atoms with Gasteiger partial charge >= 0.3 is 0 Å². The van der Waals surface area contributed by atoms with Crippen molar-refractivity contribution in [3.8, 4) is 0 Å². The number of nitrogens with zero attached hydrogens (tertiary/aromatic N) is 1. The van der Waals surface area contributed by atoms with Gasteiger partial charge in [0.15, 0.2) is 0 Å². The lowest BCUT2D eigenvalue weighted by Crippen LogP contribution is -1.99. The quantitative estimate of drug-likeness (QED) is 0.432. The number of aromatic nitrogens is 1. The molecule has 0 atom stereocenters. The smallest absolute Gasteiger partial charge is 0.139 e. The van der Waals surface area contributed by atoms with Crippen LogP contribution in [0.3, 0.4) is 0 Å². The van der Waals surface area contributed by atoms with Gasteiger partial charge in [0.1, 0.15) is 13.0 Å². The highest BCUT2D eigenvalue weighted by atomic mass is 35.5. The summed E-state index contributed by atoms with van der Waals surface area (Å²) in [6.07, 6.45) is 1.73. The maximum absolute atomic E-state index is 5.90. The van der Waals surface area contributed by atoms with Crippen LogP contribution in [0.25, 0.3) is 10.8 Å². The molecule has 58 valence electrons. The molecule has 12 heavy (non-hydrogen) atoms. The molecule has 0 fully saturated rings. The second-order valence-electron chi connectivity index (χ2n) is 2.83. The van der Waals surface area contributed by atoms with Gasteiger partial charge in [-0.15, -0.1) is 0 Å². The minimum atomic E-state index is 0.576. The van der Waals surface area contributed by atoms with Crippen molar-refractivity contribution < 1.29 is 0 Å². The molecule has 0 aliphatic rings. The van der Waals surface area contributed by atoms with E-state index < -0.39 is 0 Å². The Hall–Kier alpha value is -1.02. The molecular weight excluding hydrogens is 168 g/mol. The summed E-state index contributed by atoms with van der Waals surface area (Å²) in [6, 6.07) is 8.10. The zero-order valence-corrected chi connectivity index (χ0v) is 7.47. The van der Waals surface area contributed by atoms with Crippen molar-refractivity contribution in [3.63, 3.8) is 0 Å². The van der Waals surface area contributed by atoms with Crippen molar-refractivity contribution in [1.82, 2.24) is 4.98 Å². The molecule has 1 aromatic heterocycles. The molecule has 0 N–H and O–H groups in total. The van der Waals surface area contributed by atoms with Gasteiger partial charge in [0.05, 0.1) is 0 Å². The average molecular weight is 175 g/mol. The van der Waals surface area contributed by atoms with Gasteiger partial charge in [0, 0.05) is 11.6 Å². The fourth-order valence-corrected chi connectivity index (χ4v) is 1.49. The number of pyridine rings is 1. The van der Waals surface area contributed by atoms with Crippen LogP contribution in [0.5, 0.6) is 0 Å². The molecule has 0 radical (unpaired) electrons. The van der Waals surface area contributed by atoms with Crippen LogP contribution >= 0.6 is 11.6 Å². The first-order valence-corrected chi connectivity index (χ1v) is 4.16. The van der Waals surface area contributed by atoms with Crippen LogP contribution in [-0.4, -0.2) is 12.8 Å². The minimum absolute atomic E-state index is 0.576. The Morgan fingerprint density at radius 1 is 1.25 bits per heavy atom. The molecule has 0 unspecified atom stereocenters. The summed E-state index contributed by atoms with van der Waals surface area (Å²) in [7, 11) is 2.06. The van der Waals surface area contributed by atoms with Gasteiger partial charge < -0.3 is 0 Å². The van der Waals surface area contributed by atoms with Crippen LogP contribution in [0, 0.1) is 0 Å². The highest BCUT2D eigenvalue weighted by Gasteiger charge is 1.97. The van der Waals surface area contributed by atoms with E-state index in [4.69, 9.17) is 11.6 Å². The third-order valence-electron chi connectivity index (χ3n) is 1.87. The third kappa shape index (κ3) is 1.19. The molecule has 1 aromatic carbocycles. The number of hydrogen-bond acceptors (Lipinski definition) is 1. The highest BCUT2D eigenvalue weighted by Crippen LogP contribution is 2.18. The van der Waals surface area contributed by atoms with Gasteiger partial charge in [0.25, 0.3) is 0 Å².